The third kappa shape index (κ3) is 3.93. The Morgan fingerprint density at radius 1 is 1.09 bits per heavy atom. The normalized spacial score (nSPS) is 22.1. The first-order valence-electron chi connectivity index (χ1n) is 12.9. The zero-order valence-corrected chi connectivity index (χ0v) is 20.7. The van der Waals surface area contributed by atoms with Crippen LogP contribution in [0.3, 0.4) is 0 Å². The number of methoxy groups -OCH3 is 1. The lowest BCUT2D eigenvalue weighted by Crippen LogP contribution is -2.39. The molecule has 2 saturated heterocycles. The summed E-state index contributed by atoms with van der Waals surface area (Å²) in [5, 5.41) is 4.89. The molecule has 1 aliphatic carbocycles. The van der Waals surface area contributed by atoms with Crippen LogP contribution >= 0.6 is 0 Å². The van der Waals surface area contributed by atoms with Gasteiger partial charge in [-0.3, -0.25) is 4.79 Å². The highest BCUT2D eigenvalue weighted by Crippen LogP contribution is 2.36. The fourth-order valence-corrected chi connectivity index (χ4v) is 6.06. The Hall–Kier alpha value is -3.13. The molecule has 3 aromatic rings. The first-order chi connectivity index (χ1) is 17.0. The van der Waals surface area contributed by atoms with Crippen molar-refractivity contribution in [3.8, 4) is 5.75 Å². The summed E-state index contributed by atoms with van der Waals surface area (Å²) in [6.45, 7) is 4.56. The number of benzene rings is 1. The fraction of sp³-hybridized carbons (Fsp3) is 0.519. The number of hydrogen-bond donors (Lipinski definition) is 1. The number of ether oxygens (including phenoxy) is 1. The number of anilines is 1. The minimum atomic E-state index is -0.0696. The number of nitrogens with two attached hydrogens (primary N) is 1. The van der Waals surface area contributed by atoms with Gasteiger partial charge in [0.1, 0.15) is 11.6 Å². The molecule has 8 heteroatoms. The van der Waals surface area contributed by atoms with Crippen LogP contribution in [0.2, 0.25) is 0 Å². The number of nitrogens with zero attached hydrogens (tertiary/aromatic N) is 5. The van der Waals surface area contributed by atoms with E-state index in [4.69, 9.17) is 20.6 Å². The van der Waals surface area contributed by atoms with Crippen LogP contribution in [0.4, 0.5) is 5.82 Å². The van der Waals surface area contributed by atoms with E-state index in [0.29, 0.717) is 11.3 Å². The Kier molecular flexibility index (Phi) is 5.63. The second kappa shape index (κ2) is 8.82. The van der Waals surface area contributed by atoms with Gasteiger partial charge in [-0.05, 0) is 75.1 Å². The van der Waals surface area contributed by atoms with E-state index in [0.717, 1.165) is 87.3 Å². The Balaban J connectivity index is 1.33. The number of fused-ring (bicyclic) bond motifs is 2. The van der Waals surface area contributed by atoms with Gasteiger partial charge >= 0.3 is 0 Å². The van der Waals surface area contributed by atoms with Gasteiger partial charge in [0, 0.05) is 43.5 Å². The zero-order chi connectivity index (χ0) is 24.1. The third-order valence-corrected chi connectivity index (χ3v) is 7.90. The largest absolute Gasteiger partial charge is 0.496 e. The van der Waals surface area contributed by atoms with E-state index >= 15 is 0 Å². The molecule has 2 atom stereocenters. The van der Waals surface area contributed by atoms with Crippen molar-refractivity contribution in [2.75, 3.05) is 31.6 Å². The van der Waals surface area contributed by atoms with Crippen LogP contribution in [0.25, 0.3) is 5.65 Å². The number of carbonyl (C=O) groups is 1. The summed E-state index contributed by atoms with van der Waals surface area (Å²) in [5.74, 6) is 1.70. The van der Waals surface area contributed by atoms with E-state index in [1.807, 2.05) is 15.6 Å². The van der Waals surface area contributed by atoms with Gasteiger partial charge in [0.25, 0.3) is 5.91 Å². The van der Waals surface area contributed by atoms with Crippen LogP contribution in [0.5, 0.6) is 5.75 Å². The van der Waals surface area contributed by atoms with Gasteiger partial charge in [-0.1, -0.05) is 0 Å². The summed E-state index contributed by atoms with van der Waals surface area (Å²) < 4.78 is 7.52. The molecule has 0 radical (unpaired) electrons. The molecule has 35 heavy (non-hydrogen) atoms. The summed E-state index contributed by atoms with van der Waals surface area (Å²) in [4.78, 5) is 23.1. The smallest absolute Gasteiger partial charge is 0.258 e. The van der Waals surface area contributed by atoms with Gasteiger partial charge in [0.15, 0.2) is 5.65 Å². The van der Waals surface area contributed by atoms with Crippen LogP contribution in [0.15, 0.2) is 24.4 Å². The minimum absolute atomic E-state index is 0.0363. The van der Waals surface area contributed by atoms with Gasteiger partial charge in [-0.2, -0.15) is 5.10 Å². The number of aryl methyl sites for hydroxylation is 3. The van der Waals surface area contributed by atoms with E-state index in [1.54, 1.807) is 7.11 Å². The average molecular weight is 475 g/mol. The number of amides is 1. The molecule has 0 saturated carbocycles. The second-order valence-corrected chi connectivity index (χ2v) is 10.3. The van der Waals surface area contributed by atoms with Gasteiger partial charge in [-0.25, -0.2) is 9.50 Å². The number of rotatable bonds is 4. The number of hydrogen-bond acceptors (Lipinski definition) is 6. The molecule has 3 aliphatic rings. The highest BCUT2D eigenvalue weighted by molar-refractivity contribution is 5.97. The molecular formula is C27H34N6O2. The zero-order valence-electron chi connectivity index (χ0n) is 20.7. The first-order valence-corrected chi connectivity index (χ1v) is 12.9. The minimum Gasteiger partial charge on any atom is -0.496 e. The lowest BCUT2D eigenvalue weighted by molar-refractivity contribution is 0.0602. The first kappa shape index (κ1) is 22.3. The maximum atomic E-state index is 13.9. The predicted molar refractivity (Wildman–Crippen MR) is 135 cm³/mol. The summed E-state index contributed by atoms with van der Waals surface area (Å²) in [6, 6.07) is 6.31. The highest BCUT2D eigenvalue weighted by atomic mass is 16.5. The molecule has 184 valence electrons. The monoisotopic (exact) mass is 474 g/mol. The van der Waals surface area contributed by atoms with Gasteiger partial charge < -0.3 is 20.3 Å². The van der Waals surface area contributed by atoms with Crippen molar-refractivity contribution in [2.45, 2.75) is 64.0 Å². The van der Waals surface area contributed by atoms with Crippen molar-refractivity contribution in [3.05, 3.63) is 52.3 Å². The van der Waals surface area contributed by atoms with Crippen LogP contribution in [0.1, 0.15) is 70.9 Å². The predicted octanol–water partition coefficient (Wildman–Crippen LogP) is 3.44. The van der Waals surface area contributed by atoms with Crippen LogP contribution < -0.4 is 15.4 Å². The molecular weight excluding hydrogens is 440 g/mol. The van der Waals surface area contributed by atoms with Crippen molar-refractivity contribution >= 4 is 17.4 Å². The van der Waals surface area contributed by atoms with Gasteiger partial charge in [-0.15, -0.1) is 0 Å². The van der Waals surface area contributed by atoms with Crippen LogP contribution in [0, 0.1) is 6.92 Å². The molecule has 0 unspecified atom stereocenters. The van der Waals surface area contributed by atoms with E-state index < -0.39 is 0 Å². The molecule has 4 heterocycles. The SMILES string of the molecule is COc1cc2c(cc1C(=O)N1CCCC[C@H]1c1cc3nc(N4CC[C@H](N)C4)c(C)cn3n1)CCC2. The lowest BCUT2D eigenvalue weighted by Gasteiger charge is -2.35. The van der Waals surface area contributed by atoms with Crippen LogP contribution in [-0.2, 0) is 12.8 Å². The summed E-state index contributed by atoms with van der Waals surface area (Å²) in [7, 11) is 1.65. The molecule has 1 aromatic carbocycles. The van der Waals surface area contributed by atoms with E-state index in [2.05, 4.69) is 30.0 Å². The summed E-state index contributed by atoms with van der Waals surface area (Å²) in [5.41, 5.74) is 12.2. The van der Waals surface area contributed by atoms with Crippen molar-refractivity contribution in [3.63, 3.8) is 0 Å². The van der Waals surface area contributed by atoms with E-state index in [9.17, 15) is 4.79 Å². The molecule has 1 amide bonds. The summed E-state index contributed by atoms with van der Waals surface area (Å²) in [6.07, 6.45) is 9.24. The highest BCUT2D eigenvalue weighted by Gasteiger charge is 2.33. The molecule has 6 rings (SSSR count). The average Bonchev–Trinajstić information content (AvgIpc) is 3.61. The Bertz CT molecular complexity index is 1280. The number of aromatic nitrogens is 3. The standard InChI is InChI=1S/C27H34N6O2/c1-17-15-33-25(29-26(17)31-11-9-20(28)16-31)14-22(30-33)23-8-3-4-10-32(23)27(34)21-12-18-6-5-7-19(18)13-24(21)35-2/h12-15,20,23H,3-11,16,28H2,1-2H3/t20-,23-/m0/s1. The molecule has 2 fully saturated rings. The maximum absolute atomic E-state index is 13.9. The molecule has 0 spiro atoms. The van der Waals surface area contributed by atoms with Gasteiger partial charge in [0.2, 0.25) is 0 Å². The molecule has 2 N–H and O–H groups in total. The molecule has 8 nitrogen and oxygen atoms in total. The number of carbonyl (C=O) groups excluding carboxylic acids is 1. The topological polar surface area (TPSA) is 89.0 Å². The summed E-state index contributed by atoms with van der Waals surface area (Å²) >= 11 is 0. The van der Waals surface area contributed by atoms with Crippen LogP contribution in [-0.4, -0.2) is 58.2 Å². The molecule has 0 bridgehead atoms. The quantitative estimate of drug-likeness (QED) is 0.623. The Morgan fingerprint density at radius 2 is 1.91 bits per heavy atom. The number of piperidine rings is 1. The molecule has 2 aliphatic heterocycles. The Labute approximate surface area is 206 Å². The number of likely N-dealkylation sites (tertiary alicyclic amines) is 1. The van der Waals surface area contributed by atoms with E-state index in [1.165, 1.54) is 11.1 Å². The Morgan fingerprint density at radius 3 is 2.69 bits per heavy atom. The van der Waals surface area contributed by atoms with Gasteiger partial charge in [0.05, 0.1) is 24.4 Å². The van der Waals surface area contributed by atoms with E-state index in [-0.39, 0.29) is 18.0 Å². The van der Waals surface area contributed by atoms with Crippen molar-refractivity contribution in [2.24, 2.45) is 5.73 Å². The molecule has 2 aromatic heterocycles. The lowest BCUT2D eigenvalue weighted by atomic mass is 9.97. The van der Waals surface area contributed by atoms with Crippen molar-refractivity contribution in [1.29, 1.82) is 0 Å². The van der Waals surface area contributed by atoms with Crippen molar-refractivity contribution < 1.29 is 9.53 Å². The second-order valence-electron chi connectivity index (χ2n) is 10.3. The third-order valence-electron chi connectivity index (χ3n) is 7.90. The maximum Gasteiger partial charge on any atom is 0.258 e. The van der Waals surface area contributed by atoms with Crippen molar-refractivity contribution in [1.82, 2.24) is 19.5 Å². The fourth-order valence-electron chi connectivity index (χ4n) is 6.06.